The summed E-state index contributed by atoms with van der Waals surface area (Å²) in [7, 11) is 0. The lowest BCUT2D eigenvalue weighted by Gasteiger charge is -2.28. The van der Waals surface area contributed by atoms with Crippen molar-refractivity contribution in [3.63, 3.8) is 0 Å². The normalized spacial score (nSPS) is 18.7. The van der Waals surface area contributed by atoms with Crippen molar-refractivity contribution in [3.05, 3.63) is 59.7 Å². The van der Waals surface area contributed by atoms with E-state index >= 15 is 0 Å². The van der Waals surface area contributed by atoms with Crippen LogP contribution in [0.4, 0.5) is 0 Å². The van der Waals surface area contributed by atoms with Crippen molar-refractivity contribution in [2.24, 2.45) is 17.8 Å². The summed E-state index contributed by atoms with van der Waals surface area (Å²) in [5, 5.41) is 0. The number of hydrogen-bond acceptors (Lipinski definition) is 3. The van der Waals surface area contributed by atoms with Gasteiger partial charge < -0.3 is 9.47 Å². The van der Waals surface area contributed by atoms with Crippen LogP contribution in [0.25, 0.3) is 0 Å². The molecule has 2 aromatic rings. The fourth-order valence-corrected chi connectivity index (χ4v) is 5.02. The van der Waals surface area contributed by atoms with Gasteiger partial charge in [0.05, 0.1) is 12.2 Å². The first-order valence-corrected chi connectivity index (χ1v) is 14.1. The predicted octanol–water partition coefficient (Wildman–Crippen LogP) is 9.04. The second kappa shape index (κ2) is 15.0. The van der Waals surface area contributed by atoms with Gasteiger partial charge in [-0.15, -0.1) is 0 Å². The monoisotopic (exact) mass is 478 g/mol. The predicted molar refractivity (Wildman–Crippen MR) is 145 cm³/mol. The van der Waals surface area contributed by atoms with E-state index in [0.29, 0.717) is 23.8 Å². The average molecular weight is 479 g/mol. The molecule has 1 saturated carbocycles. The zero-order valence-corrected chi connectivity index (χ0v) is 22.3. The number of unbranched alkanes of at least 4 members (excludes halogenated alkanes) is 2. The van der Waals surface area contributed by atoms with Crippen LogP contribution in [0, 0.1) is 17.8 Å². The molecular weight excluding hydrogens is 432 g/mol. The van der Waals surface area contributed by atoms with Crippen LogP contribution in [0.3, 0.4) is 0 Å². The van der Waals surface area contributed by atoms with E-state index in [1.807, 2.05) is 24.3 Å². The summed E-state index contributed by atoms with van der Waals surface area (Å²) in [5.41, 5.74) is 1.86. The van der Waals surface area contributed by atoms with Crippen LogP contribution in [-0.4, -0.2) is 12.6 Å². The van der Waals surface area contributed by atoms with Crippen LogP contribution in [-0.2, 0) is 6.42 Å². The van der Waals surface area contributed by atoms with Gasteiger partial charge >= 0.3 is 5.97 Å². The van der Waals surface area contributed by atoms with Gasteiger partial charge in [-0.25, -0.2) is 4.79 Å². The van der Waals surface area contributed by atoms with Crippen molar-refractivity contribution in [1.29, 1.82) is 0 Å². The third-order valence-electron chi connectivity index (χ3n) is 7.82. The molecule has 1 aliphatic carbocycles. The maximum absolute atomic E-state index is 12.5. The van der Waals surface area contributed by atoms with E-state index in [4.69, 9.17) is 9.47 Å². The van der Waals surface area contributed by atoms with Gasteiger partial charge in [-0.05, 0) is 79.0 Å². The zero-order valence-electron chi connectivity index (χ0n) is 22.3. The lowest BCUT2D eigenvalue weighted by molar-refractivity contribution is 0.0734. The summed E-state index contributed by atoms with van der Waals surface area (Å²) in [4.78, 5) is 12.5. The lowest BCUT2D eigenvalue weighted by Crippen LogP contribution is -2.15. The topological polar surface area (TPSA) is 35.5 Å². The number of carbonyl (C=O) groups excluding carboxylic acids is 1. The number of aryl methyl sites for hydroxylation is 1. The van der Waals surface area contributed by atoms with Crippen LogP contribution in [0.15, 0.2) is 48.5 Å². The molecule has 1 atom stereocenters. The van der Waals surface area contributed by atoms with Gasteiger partial charge in [-0.2, -0.15) is 0 Å². The molecule has 3 heteroatoms. The standard InChI is InChI=1S/C32H46O3/c1-4-6-7-8-26-9-11-27(12-10-26)13-14-28-15-19-31(20-16-28)35-32(33)29-17-21-30(22-18-29)34-24-23-25(3)5-2/h15-22,25-27H,4-14,23-24H2,1-3H3. The highest BCUT2D eigenvalue weighted by atomic mass is 16.5. The Bertz CT molecular complexity index is 847. The first-order valence-electron chi connectivity index (χ1n) is 14.1. The summed E-state index contributed by atoms with van der Waals surface area (Å²) in [6, 6.07) is 15.3. The van der Waals surface area contributed by atoms with Crippen molar-refractivity contribution in [1.82, 2.24) is 0 Å². The van der Waals surface area contributed by atoms with E-state index in [1.54, 1.807) is 12.1 Å². The first kappa shape index (κ1) is 27.3. The summed E-state index contributed by atoms with van der Waals surface area (Å²) < 4.78 is 11.4. The minimum atomic E-state index is -0.334. The molecule has 1 unspecified atom stereocenters. The first-order chi connectivity index (χ1) is 17.1. The molecule has 0 bridgehead atoms. The van der Waals surface area contributed by atoms with Crippen LogP contribution < -0.4 is 9.47 Å². The third kappa shape index (κ3) is 9.70. The maximum Gasteiger partial charge on any atom is 0.343 e. The van der Waals surface area contributed by atoms with Crippen molar-refractivity contribution >= 4 is 5.97 Å². The molecule has 3 nitrogen and oxygen atoms in total. The molecule has 0 spiro atoms. The minimum Gasteiger partial charge on any atom is -0.494 e. The van der Waals surface area contributed by atoms with Crippen LogP contribution in [0.1, 0.15) is 107 Å². The molecule has 3 rings (SSSR count). The van der Waals surface area contributed by atoms with Crippen molar-refractivity contribution < 1.29 is 14.3 Å². The van der Waals surface area contributed by atoms with Gasteiger partial charge in [0.1, 0.15) is 11.5 Å². The van der Waals surface area contributed by atoms with Gasteiger partial charge in [0.2, 0.25) is 0 Å². The Labute approximate surface area is 213 Å². The maximum atomic E-state index is 12.5. The zero-order chi connectivity index (χ0) is 24.9. The van der Waals surface area contributed by atoms with Gasteiger partial charge in [0.25, 0.3) is 0 Å². The Balaban J connectivity index is 1.37. The minimum absolute atomic E-state index is 0.334. The van der Waals surface area contributed by atoms with Crippen LogP contribution in [0.2, 0.25) is 0 Å². The Hall–Kier alpha value is -2.29. The fourth-order valence-electron chi connectivity index (χ4n) is 5.02. The second-order valence-corrected chi connectivity index (χ2v) is 10.6. The molecule has 35 heavy (non-hydrogen) atoms. The van der Waals surface area contributed by atoms with E-state index < -0.39 is 0 Å². The van der Waals surface area contributed by atoms with E-state index in [9.17, 15) is 4.79 Å². The van der Waals surface area contributed by atoms with Crippen molar-refractivity contribution in [2.45, 2.75) is 97.8 Å². The SMILES string of the molecule is CCCCCC1CCC(CCc2ccc(OC(=O)c3ccc(OCCC(C)CC)cc3)cc2)CC1. The highest BCUT2D eigenvalue weighted by Crippen LogP contribution is 2.34. The smallest absolute Gasteiger partial charge is 0.343 e. The summed E-state index contributed by atoms with van der Waals surface area (Å²) in [6.07, 6.45) is 15.8. The molecule has 0 aliphatic heterocycles. The van der Waals surface area contributed by atoms with Gasteiger partial charge in [-0.1, -0.05) is 90.7 Å². The van der Waals surface area contributed by atoms with Crippen LogP contribution in [0.5, 0.6) is 11.5 Å². The lowest BCUT2D eigenvalue weighted by atomic mass is 9.78. The van der Waals surface area contributed by atoms with E-state index in [1.165, 1.54) is 63.4 Å². The number of rotatable bonds is 14. The summed E-state index contributed by atoms with van der Waals surface area (Å²) in [6.45, 7) is 7.42. The van der Waals surface area contributed by atoms with Crippen molar-refractivity contribution in [2.75, 3.05) is 6.61 Å². The molecule has 0 radical (unpaired) electrons. The van der Waals surface area contributed by atoms with E-state index in [2.05, 4.69) is 32.9 Å². The molecule has 192 valence electrons. The number of benzene rings is 2. The second-order valence-electron chi connectivity index (χ2n) is 10.6. The summed E-state index contributed by atoms with van der Waals surface area (Å²) >= 11 is 0. The van der Waals surface area contributed by atoms with Gasteiger partial charge in [0, 0.05) is 0 Å². The van der Waals surface area contributed by atoms with E-state index in [-0.39, 0.29) is 5.97 Å². The molecular formula is C32H46O3. The highest BCUT2D eigenvalue weighted by Gasteiger charge is 2.20. The Morgan fingerprint density at radius 2 is 1.49 bits per heavy atom. The largest absolute Gasteiger partial charge is 0.494 e. The number of hydrogen-bond donors (Lipinski definition) is 0. The van der Waals surface area contributed by atoms with Crippen molar-refractivity contribution in [3.8, 4) is 11.5 Å². The Kier molecular flexibility index (Phi) is 11.7. The third-order valence-corrected chi connectivity index (χ3v) is 7.82. The van der Waals surface area contributed by atoms with Crippen LogP contribution >= 0.6 is 0 Å². The molecule has 0 heterocycles. The fraction of sp³-hybridized carbons (Fsp3) is 0.594. The van der Waals surface area contributed by atoms with Gasteiger partial charge in [0.15, 0.2) is 0 Å². The van der Waals surface area contributed by atoms with E-state index in [0.717, 1.165) is 36.8 Å². The number of ether oxygens (including phenoxy) is 2. The molecule has 1 fully saturated rings. The Morgan fingerprint density at radius 3 is 2.11 bits per heavy atom. The quantitative estimate of drug-likeness (QED) is 0.154. The Morgan fingerprint density at radius 1 is 0.857 bits per heavy atom. The summed E-state index contributed by atoms with van der Waals surface area (Å²) in [5.74, 6) is 3.57. The molecule has 2 aromatic carbocycles. The molecule has 1 aliphatic rings. The number of esters is 1. The molecule has 0 aromatic heterocycles. The molecule has 0 amide bonds. The molecule has 0 N–H and O–H groups in total. The molecule has 0 saturated heterocycles. The average Bonchev–Trinajstić information content (AvgIpc) is 2.89. The highest BCUT2D eigenvalue weighted by molar-refractivity contribution is 5.91. The van der Waals surface area contributed by atoms with Gasteiger partial charge in [-0.3, -0.25) is 0 Å². The number of carbonyl (C=O) groups is 1.